The summed E-state index contributed by atoms with van der Waals surface area (Å²) in [5.74, 6) is -0.601. The maximum Gasteiger partial charge on any atom is 0.307 e. The first kappa shape index (κ1) is 17.5. The number of thiophene rings is 1. The first-order valence-electron chi connectivity index (χ1n) is 7.77. The highest BCUT2D eigenvalue weighted by molar-refractivity contribution is 7.10. The number of hydrogen-bond acceptors (Lipinski definition) is 5. The molecule has 2 amide bonds. The summed E-state index contributed by atoms with van der Waals surface area (Å²) >= 11 is 1.47. The van der Waals surface area contributed by atoms with Crippen LogP contribution in [0, 0.1) is 0 Å². The van der Waals surface area contributed by atoms with Crippen LogP contribution in [0.2, 0.25) is 0 Å². The molecule has 2 rings (SSSR count). The molecule has 1 aromatic heterocycles. The Labute approximate surface area is 139 Å². The van der Waals surface area contributed by atoms with Crippen molar-refractivity contribution in [1.82, 2.24) is 10.2 Å². The number of esters is 1. The Hall–Kier alpha value is -1.89. The zero-order valence-electron chi connectivity index (χ0n) is 13.2. The lowest BCUT2D eigenvalue weighted by atomic mass is 10.1. The van der Waals surface area contributed by atoms with E-state index in [-0.39, 0.29) is 30.7 Å². The number of methoxy groups -OCH3 is 1. The number of amides is 2. The summed E-state index contributed by atoms with van der Waals surface area (Å²) < 4.78 is 4.69. The van der Waals surface area contributed by atoms with Crippen LogP contribution in [-0.4, -0.2) is 42.9 Å². The molecule has 0 saturated carbocycles. The predicted molar refractivity (Wildman–Crippen MR) is 86.9 cm³/mol. The monoisotopic (exact) mass is 338 g/mol. The van der Waals surface area contributed by atoms with Crippen LogP contribution < -0.4 is 5.32 Å². The minimum Gasteiger partial charge on any atom is -0.469 e. The van der Waals surface area contributed by atoms with Crippen LogP contribution in [0.1, 0.15) is 43.0 Å². The van der Waals surface area contributed by atoms with Gasteiger partial charge in [0.25, 0.3) is 0 Å². The number of carbonyl (C=O) groups excluding carboxylic acids is 3. The third-order valence-electron chi connectivity index (χ3n) is 3.83. The lowest BCUT2D eigenvalue weighted by Gasteiger charge is -2.22. The SMILES string of the molecule is COC(=O)CC(NC(=O)CN1CCCCCC1=O)c1cccs1. The molecule has 1 aliphatic rings. The van der Waals surface area contributed by atoms with Gasteiger partial charge in [0.15, 0.2) is 0 Å². The molecule has 1 saturated heterocycles. The number of hydrogen-bond donors (Lipinski definition) is 1. The Morgan fingerprint density at radius 3 is 2.91 bits per heavy atom. The van der Waals surface area contributed by atoms with E-state index in [0.29, 0.717) is 13.0 Å². The molecule has 23 heavy (non-hydrogen) atoms. The Kier molecular flexibility index (Phi) is 6.58. The molecule has 0 bridgehead atoms. The third kappa shape index (κ3) is 5.35. The fourth-order valence-corrected chi connectivity index (χ4v) is 3.36. The number of likely N-dealkylation sites (tertiary alicyclic amines) is 1. The number of nitrogens with one attached hydrogen (secondary N) is 1. The molecule has 1 N–H and O–H groups in total. The summed E-state index contributed by atoms with van der Waals surface area (Å²) in [6.45, 7) is 0.662. The molecule has 1 aromatic rings. The summed E-state index contributed by atoms with van der Waals surface area (Å²) in [6.07, 6.45) is 3.41. The smallest absolute Gasteiger partial charge is 0.307 e. The molecule has 7 heteroatoms. The predicted octanol–water partition coefficient (Wildman–Crippen LogP) is 1.87. The Morgan fingerprint density at radius 1 is 1.39 bits per heavy atom. The van der Waals surface area contributed by atoms with Gasteiger partial charge < -0.3 is 15.0 Å². The maximum absolute atomic E-state index is 12.3. The van der Waals surface area contributed by atoms with Crippen molar-refractivity contribution in [2.24, 2.45) is 0 Å². The lowest BCUT2D eigenvalue weighted by molar-refractivity contribution is -0.141. The average molecular weight is 338 g/mol. The number of nitrogens with zero attached hydrogens (tertiary/aromatic N) is 1. The van der Waals surface area contributed by atoms with Crippen LogP contribution in [0.3, 0.4) is 0 Å². The van der Waals surface area contributed by atoms with Crippen LogP contribution in [0.15, 0.2) is 17.5 Å². The van der Waals surface area contributed by atoms with E-state index in [9.17, 15) is 14.4 Å². The summed E-state index contributed by atoms with van der Waals surface area (Å²) in [7, 11) is 1.32. The Balaban J connectivity index is 1.96. The van der Waals surface area contributed by atoms with Crippen molar-refractivity contribution in [1.29, 1.82) is 0 Å². The maximum atomic E-state index is 12.3. The molecule has 0 radical (unpaired) electrons. The van der Waals surface area contributed by atoms with Gasteiger partial charge in [-0.25, -0.2) is 0 Å². The lowest BCUT2D eigenvalue weighted by Crippen LogP contribution is -2.42. The summed E-state index contributed by atoms with van der Waals surface area (Å²) in [5, 5.41) is 4.74. The topological polar surface area (TPSA) is 75.7 Å². The fraction of sp³-hybridized carbons (Fsp3) is 0.562. The van der Waals surface area contributed by atoms with Crippen molar-refractivity contribution in [2.45, 2.75) is 38.1 Å². The fourth-order valence-electron chi connectivity index (χ4n) is 2.58. The van der Waals surface area contributed by atoms with E-state index in [4.69, 9.17) is 4.74 Å². The van der Waals surface area contributed by atoms with Gasteiger partial charge in [-0.3, -0.25) is 14.4 Å². The van der Waals surface area contributed by atoms with Crippen molar-refractivity contribution >= 4 is 29.1 Å². The van der Waals surface area contributed by atoms with E-state index in [1.54, 1.807) is 4.90 Å². The number of ether oxygens (including phenoxy) is 1. The van der Waals surface area contributed by atoms with E-state index in [1.165, 1.54) is 18.4 Å². The number of rotatable bonds is 6. The van der Waals surface area contributed by atoms with Crippen molar-refractivity contribution in [2.75, 3.05) is 20.2 Å². The minimum atomic E-state index is -0.419. The second-order valence-corrected chi connectivity index (χ2v) is 6.52. The van der Waals surface area contributed by atoms with Crippen molar-refractivity contribution in [3.63, 3.8) is 0 Å². The van der Waals surface area contributed by atoms with E-state index in [0.717, 1.165) is 24.1 Å². The molecule has 1 atom stereocenters. The van der Waals surface area contributed by atoms with Gasteiger partial charge in [-0.2, -0.15) is 0 Å². The second kappa shape index (κ2) is 8.67. The molecule has 6 nitrogen and oxygen atoms in total. The summed E-state index contributed by atoms with van der Waals surface area (Å²) in [6, 6.07) is 3.32. The molecular formula is C16H22N2O4S. The first-order valence-corrected chi connectivity index (χ1v) is 8.65. The molecule has 0 aromatic carbocycles. The van der Waals surface area contributed by atoms with Gasteiger partial charge >= 0.3 is 5.97 Å². The molecule has 1 aliphatic heterocycles. The highest BCUT2D eigenvalue weighted by atomic mass is 32.1. The van der Waals surface area contributed by atoms with Crippen LogP contribution in [0.4, 0.5) is 0 Å². The normalized spacial score (nSPS) is 16.6. The van der Waals surface area contributed by atoms with Crippen LogP contribution in [0.25, 0.3) is 0 Å². The van der Waals surface area contributed by atoms with E-state index in [2.05, 4.69) is 5.32 Å². The summed E-state index contributed by atoms with van der Waals surface area (Å²) in [4.78, 5) is 38.3. The van der Waals surface area contributed by atoms with Crippen molar-refractivity contribution in [3.8, 4) is 0 Å². The molecule has 0 aliphatic carbocycles. The molecular weight excluding hydrogens is 316 g/mol. The van der Waals surface area contributed by atoms with Gasteiger partial charge in [0.2, 0.25) is 11.8 Å². The quantitative estimate of drug-likeness (QED) is 0.804. The van der Waals surface area contributed by atoms with E-state index < -0.39 is 6.04 Å². The van der Waals surface area contributed by atoms with Gasteiger partial charge in [-0.1, -0.05) is 12.5 Å². The van der Waals surface area contributed by atoms with E-state index >= 15 is 0 Å². The van der Waals surface area contributed by atoms with Gasteiger partial charge in [-0.05, 0) is 24.3 Å². The van der Waals surface area contributed by atoms with Crippen molar-refractivity contribution in [3.05, 3.63) is 22.4 Å². The largest absolute Gasteiger partial charge is 0.469 e. The Bertz CT molecular complexity index is 544. The van der Waals surface area contributed by atoms with Crippen LogP contribution in [-0.2, 0) is 19.1 Å². The standard InChI is InChI=1S/C16H22N2O4S/c1-22-16(21)10-12(13-6-5-9-23-13)17-14(19)11-18-8-4-2-3-7-15(18)20/h5-6,9,12H,2-4,7-8,10-11H2,1H3,(H,17,19). The average Bonchev–Trinajstić information content (AvgIpc) is 2.99. The zero-order chi connectivity index (χ0) is 16.7. The van der Waals surface area contributed by atoms with Crippen LogP contribution in [0.5, 0.6) is 0 Å². The zero-order valence-corrected chi connectivity index (χ0v) is 14.1. The van der Waals surface area contributed by atoms with Crippen LogP contribution >= 0.6 is 11.3 Å². The molecule has 126 valence electrons. The van der Waals surface area contributed by atoms with Gasteiger partial charge in [-0.15, -0.1) is 11.3 Å². The van der Waals surface area contributed by atoms with Gasteiger partial charge in [0, 0.05) is 17.8 Å². The molecule has 2 heterocycles. The minimum absolute atomic E-state index is 0.0262. The Morgan fingerprint density at radius 2 is 2.22 bits per heavy atom. The highest BCUT2D eigenvalue weighted by Crippen LogP contribution is 2.22. The molecule has 1 fully saturated rings. The third-order valence-corrected chi connectivity index (χ3v) is 4.81. The summed E-state index contributed by atoms with van der Waals surface area (Å²) in [5.41, 5.74) is 0. The molecule has 1 unspecified atom stereocenters. The van der Waals surface area contributed by atoms with E-state index in [1.807, 2.05) is 17.5 Å². The van der Waals surface area contributed by atoms with Crippen molar-refractivity contribution < 1.29 is 19.1 Å². The first-order chi connectivity index (χ1) is 11.1. The molecule has 0 spiro atoms. The van der Waals surface area contributed by atoms with Gasteiger partial charge in [0.1, 0.15) is 0 Å². The highest BCUT2D eigenvalue weighted by Gasteiger charge is 2.23. The van der Waals surface area contributed by atoms with Gasteiger partial charge in [0.05, 0.1) is 26.1 Å². The number of carbonyl (C=O) groups is 3. The second-order valence-electron chi connectivity index (χ2n) is 5.54.